The van der Waals surface area contributed by atoms with Gasteiger partial charge in [0.25, 0.3) is 5.91 Å². The highest BCUT2D eigenvalue weighted by Crippen LogP contribution is 2.32. The molecule has 0 aliphatic carbocycles. The molecule has 3 heterocycles. The Bertz CT molecular complexity index is 1260. The maximum Gasteiger partial charge on any atom is 0.263 e. The van der Waals surface area contributed by atoms with E-state index in [1.807, 2.05) is 41.2 Å². The Balaban J connectivity index is 1.51. The van der Waals surface area contributed by atoms with Gasteiger partial charge in [0.05, 0.1) is 10.6 Å². The third kappa shape index (κ3) is 4.07. The fourth-order valence-corrected chi connectivity index (χ4v) is 4.63. The second-order valence-corrected chi connectivity index (χ2v) is 8.98. The lowest BCUT2D eigenvalue weighted by Crippen LogP contribution is -2.25. The van der Waals surface area contributed by atoms with Gasteiger partial charge in [-0.3, -0.25) is 4.79 Å². The summed E-state index contributed by atoms with van der Waals surface area (Å²) >= 11 is 1.36. The molecule has 0 fully saturated rings. The van der Waals surface area contributed by atoms with E-state index in [0.717, 1.165) is 21.5 Å². The molecule has 1 aromatic carbocycles. The minimum Gasteiger partial charge on any atom is -0.351 e. The van der Waals surface area contributed by atoms with Crippen molar-refractivity contribution in [3.63, 3.8) is 0 Å². The largest absolute Gasteiger partial charge is 0.351 e. The minimum atomic E-state index is -3.71. The molecule has 9 heteroatoms. The highest BCUT2D eigenvalue weighted by atomic mass is 32.2. The van der Waals surface area contributed by atoms with Gasteiger partial charge < -0.3 is 9.88 Å². The van der Waals surface area contributed by atoms with Crippen molar-refractivity contribution in [1.29, 1.82) is 0 Å². The molecule has 0 unspecified atom stereocenters. The first-order valence-corrected chi connectivity index (χ1v) is 11.2. The van der Waals surface area contributed by atoms with Crippen molar-refractivity contribution in [2.45, 2.75) is 11.3 Å². The number of hydrogen-bond acceptors (Lipinski definition) is 5. The Morgan fingerprint density at radius 3 is 2.52 bits per heavy atom. The molecule has 0 saturated carbocycles. The van der Waals surface area contributed by atoms with Gasteiger partial charge >= 0.3 is 0 Å². The van der Waals surface area contributed by atoms with Crippen LogP contribution in [0.25, 0.3) is 15.9 Å². The Morgan fingerprint density at radius 2 is 1.83 bits per heavy atom. The Kier molecular flexibility index (Phi) is 5.18. The number of carbonyl (C=O) groups is 1. The van der Waals surface area contributed by atoms with Gasteiger partial charge in [-0.15, -0.1) is 11.3 Å². The van der Waals surface area contributed by atoms with Crippen molar-refractivity contribution < 1.29 is 13.2 Å². The summed E-state index contributed by atoms with van der Waals surface area (Å²) in [6.07, 6.45) is 6.08. The third-order valence-corrected chi connectivity index (χ3v) is 6.49. The van der Waals surface area contributed by atoms with Crippen molar-refractivity contribution in [1.82, 2.24) is 14.9 Å². The molecule has 3 N–H and O–H groups in total. The van der Waals surface area contributed by atoms with Gasteiger partial charge in [-0.2, -0.15) is 0 Å². The molecule has 1 amide bonds. The number of carbonyl (C=O) groups excluding carboxylic acids is 1. The summed E-state index contributed by atoms with van der Waals surface area (Å²) in [6.45, 7) is 0.417. The lowest BCUT2D eigenvalue weighted by Gasteiger charge is -2.08. The van der Waals surface area contributed by atoms with E-state index in [9.17, 15) is 13.2 Å². The fourth-order valence-electron chi connectivity index (χ4n) is 3.06. The number of amides is 1. The topological polar surface area (TPSA) is 107 Å². The fraction of sp³-hybridized carbons (Fsp3) is 0.100. The van der Waals surface area contributed by atoms with Crippen LogP contribution in [0.15, 0.2) is 72.0 Å². The number of primary sulfonamides is 1. The Hall–Kier alpha value is -3.01. The normalized spacial score (nSPS) is 11.6. The standard InChI is InChI=1S/C20H18N4O3S2/c21-29(26,27)15-7-5-14(6-8-15)9-11-22-19(25)18-17(24-12-1-2-13-24)16-4-3-10-23-20(16)28-18/h1-8,10,12-13H,9,11H2,(H,22,25)(H2,21,26,27). The number of aromatic nitrogens is 2. The molecule has 4 aromatic rings. The summed E-state index contributed by atoms with van der Waals surface area (Å²) in [5, 5.41) is 8.98. The predicted octanol–water partition coefficient (Wildman–Crippen LogP) is 2.71. The van der Waals surface area contributed by atoms with E-state index >= 15 is 0 Å². The van der Waals surface area contributed by atoms with E-state index in [-0.39, 0.29) is 10.8 Å². The van der Waals surface area contributed by atoms with Crippen LogP contribution in [0.4, 0.5) is 0 Å². The van der Waals surface area contributed by atoms with Crippen molar-refractivity contribution in [2.75, 3.05) is 6.54 Å². The Labute approximate surface area is 171 Å². The van der Waals surface area contributed by atoms with Gasteiger partial charge in [-0.25, -0.2) is 18.5 Å². The number of fused-ring (bicyclic) bond motifs is 1. The van der Waals surface area contributed by atoms with Crippen molar-refractivity contribution in [3.8, 4) is 5.69 Å². The molecule has 4 rings (SSSR count). The molecule has 0 aliphatic rings. The van der Waals surface area contributed by atoms with Crippen LogP contribution in [-0.2, 0) is 16.4 Å². The molecule has 0 radical (unpaired) electrons. The number of sulfonamides is 1. The zero-order chi connectivity index (χ0) is 20.4. The molecular formula is C20H18N4O3S2. The Morgan fingerprint density at radius 1 is 1.10 bits per heavy atom. The highest BCUT2D eigenvalue weighted by molar-refractivity contribution is 7.89. The number of benzene rings is 1. The molecule has 7 nitrogen and oxygen atoms in total. The maximum atomic E-state index is 12.9. The van der Waals surface area contributed by atoms with Crippen LogP contribution in [0.5, 0.6) is 0 Å². The zero-order valence-corrected chi connectivity index (χ0v) is 16.9. The van der Waals surface area contributed by atoms with E-state index < -0.39 is 10.0 Å². The number of hydrogen-bond donors (Lipinski definition) is 2. The second-order valence-electron chi connectivity index (χ2n) is 6.42. The zero-order valence-electron chi connectivity index (χ0n) is 15.3. The van der Waals surface area contributed by atoms with Crippen molar-refractivity contribution in [3.05, 3.63) is 77.6 Å². The first-order chi connectivity index (χ1) is 13.9. The molecule has 148 valence electrons. The van der Waals surface area contributed by atoms with Gasteiger partial charge in [-0.1, -0.05) is 12.1 Å². The predicted molar refractivity (Wildman–Crippen MR) is 113 cm³/mol. The number of nitrogens with two attached hydrogens (primary N) is 1. The van der Waals surface area contributed by atoms with Gasteiger partial charge in [0.1, 0.15) is 9.71 Å². The van der Waals surface area contributed by atoms with Crippen LogP contribution in [0.2, 0.25) is 0 Å². The van der Waals surface area contributed by atoms with Gasteiger partial charge in [0.2, 0.25) is 10.0 Å². The molecule has 29 heavy (non-hydrogen) atoms. The van der Waals surface area contributed by atoms with Gasteiger partial charge in [0.15, 0.2) is 0 Å². The van der Waals surface area contributed by atoms with Crippen LogP contribution in [0.1, 0.15) is 15.2 Å². The molecule has 3 aromatic heterocycles. The van der Waals surface area contributed by atoms with Crippen LogP contribution >= 0.6 is 11.3 Å². The molecular weight excluding hydrogens is 408 g/mol. The van der Waals surface area contributed by atoms with Crippen molar-refractivity contribution in [2.24, 2.45) is 5.14 Å². The lowest BCUT2D eigenvalue weighted by molar-refractivity contribution is 0.0958. The van der Waals surface area contributed by atoms with Crippen LogP contribution < -0.4 is 10.5 Å². The number of pyridine rings is 1. The smallest absolute Gasteiger partial charge is 0.263 e. The molecule has 0 saturated heterocycles. The lowest BCUT2D eigenvalue weighted by atomic mass is 10.1. The van der Waals surface area contributed by atoms with Crippen LogP contribution in [-0.4, -0.2) is 30.4 Å². The summed E-state index contributed by atoms with van der Waals surface area (Å²) in [5.74, 6) is -0.169. The third-order valence-electron chi connectivity index (χ3n) is 4.46. The van der Waals surface area contributed by atoms with Crippen LogP contribution in [0, 0.1) is 0 Å². The van der Waals surface area contributed by atoms with E-state index in [4.69, 9.17) is 5.14 Å². The summed E-state index contributed by atoms with van der Waals surface area (Å²) in [5.41, 5.74) is 1.72. The van der Waals surface area contributed by atoms with Crippen LogP contribution in [0.3, 0.4) is 0 Å². The minimum absolute atomic E-state index is 0.0689. The molecule has 0 spiro atoms. The molecule has 0 aliphatic heterocycles. The summed E-state index contributed by atoms with van der Waals surface area (Å²) in [6, 6.07) is 14.0. The maximum absolute atomic E-state index is 12.9. The number of rotatable bonds is 6. The van der Waals surface area contributed by atoms with E-state index in [1.54, 1.807) is 18.3 Å². The quantitative estimate of drug-likeness (QED) is 0.494. The van der Waals surface area contributed by atoms with Gasteiger partial charge in [-0.05, 0) is 48.4 Å². The average molecular weight is 427 g/mol. The second kappa shape index (κ2) is 7.78. The monoisotopic (exact) mass is 426 g/mol. The number of nitrogens with one attached hydrogen (secondary N) is 1. The first kappa shape index (κ1) is 19.3. The van der Waals surface area contributed by atoms with E-state index in [2.05, 4.69) is 10.3 Å². The van der Waals surface area contributed by atoms with E-state index in [1.165, 1.54) is 23.5 Å². The summed E-state index contributed by atoms with van der Waals surface area (Å²) in [7, 11) is -3.71. The van der Waals surface area contributed by atoms with Crippen molar-refractivity contribution >= 4 is 37.5 Å². The molecule has 0 bridgehead atoms. The number of thiophene rings is 1. The SMILES string of the molecule is NS(=O)(=O)c1ccc(CCNC(=O)c2sc3ncccc3c2-n2cccc2)cc1. The number of nitrogens with zero attached hydrogens (tertiary/aromatic N) is 2. The summed E-state index contributed by atoms with van der Waals surface area (Å²) < 4.78 is 24.6. The van der Waals surface area contributed by atoms with Gasteiger partial charge in [0, 0.05) is 30.5 Å². The molecule has 0 atom stereocenters. The highest BCUT2D eigenvalue weighted by Gasteiger charge is 2.20. The van der Waals surface area contributed by atoms with E-state index in [0.29, 0.717) is 17.8 Å². The summed E-state index contributed by atoms with van der Waals surface area (Å²) in [4.78, 5) is 18.7. The first-order valence-electron chi connectivity index (χ1n) is 8.84. The average Bonchev–Trinajstić information content (AvgIpc) is 3.35.